The van der Waals surface area contributed by atoms with Gasteiger partial charge in [-0.15, -0.1) is 0 Å². The molecule has 3 heteroatoms. The van der Waals surface area contributed by atoms with E-state index >= 15 is 0 Å². The standard InChI is InChI=1S/C11H15NO2/c1-9(14)8-10-4-2-3-5-11(10)12-6-7-13/h2-5,7,9,12,14H,6,8H2,1H3. The van der Waals surface area contributed by atoms with Gasteiger partial charge < -0.3 is 15.2 Å². The zero-order valence-corrected chi connectivity index (χ0v) is 8.23. The number of para-hydroxylation sites is 1. The van der Waals surface area contributed by atoms with Crippen molar-refractivity contribution in [3.63, 3.8) is 0 Å². The van der Waals surface area contributed by atoms with Crippen LogP contribution in [0.1, 0.15) is 12.5 Å². The Morgan fingerprint density at radius 2 is 2.21 bits per heavy atom. The molecule has 1 rings (SSSR count). The van der Waals surface area contributed by atoms with Crippen LogP contribution in [0.25, 0.3) is 0 Å². The monoisotopic (exact) mass is 193 g/mol. The van der Waals surface area contributed by atoms with Gasteiger partial charge in [0.15, 0.2) is 0 Å². The van der Waals surface area contributed by atoms with Crippen LogP contribution in [0.3, 0.4) is 0 Å². The van der Waals surface area contributed by atoms with Crippen LogP contribution in [0, 0.1) is 0 Å². The Kier molecular flexibility index (Phi) is 4.13. The van der Waals surface area contributed by atoms with Crippen LogP contribution in [-0.4, -0.2) is 24.0 Å². The Morgan fingerprint density at radius 3 is 2.86 bits per heavy atom. The van der Waals surface area contributed by atoms with E-state index < -0.39 is 0 Å². The zero-order chi connectivity index (χ0) is 10.4. The number of aldehydes is 1. The van der Waals surface area contributed by atoms with Crippen molar-refractivity contribution in [3.8, 4) is 0 Å². The summed E-state index contributed by atoms with van der Waals surface area (Å²) in [7, 11) is 0. The lowest BCUT2D eigenvalue weighted by atomic mass is 10.1. The fourth-order valence-corrected chi connectivity index (χ4v) is 1.34. The van der Waals surface area contributed by atoms with Crippen LogP contribution in [0.4, 0.5) is 5.69 Å². The maximum absolute atomic E-state index is 10.2. The first-order valence-electron chi connectivity index (χ1n) is 4.67. The molecule has 1 atom stereocenters. The minimum Gasteiger partial charge on any atom is -0.393 e. The summed E-state index contributed by atoms with van der Waals surface area (Å²) in [6.07, 6.45) is 1.05. The summed E-state index contributed by atoms with van der Waals surface area (Å²) >= 11 is 0. The molecule has 14 heavy (non-hydrogen) atoms. The number of anilines is 1. The molecule has 0 bridgehead atoms. The van der Waals surface area contributed by atoms with E-state index in [0.717, 1.165) is 17.5 Å². The van der Waals surface area contributed by atoms with Crippen LogP contribution < -0.4 is 5.32 Å². The first-order chi connectivity index (χ1) is 6.74. The van der Waals surface area contributed by atoms with Gasteiger partial charge in [0, 0.05) is 12.1 Å². The van der Waals surface area contributed by atoms with Crippen molar-refractivity contribution in [1.29, 1.82) is 0 Å². The molecule has 0 radical (unpaired) electrons. The van der Waals surface area contributed by atoms with Crippen molar-refractivity contribution >= 4 is 12.0 Å². The van der Waals surface area contributed by atoms with E-state index in [0.29, 0.717) is 13.0 Å². The van der Waals surface area contributed by atoms with Gasteiger partial charge >= 0.3 is 0 Å². The third kappa shape index (κ3) is 3.18. The number of aliphatic hydroxyl groups excluding tert-OH is 1. The molecule has 3 nitrogen and oxygen atoms in total. The van der Waals surface area contributed by atoms with Crippen molar-refractivity contribution in [2.45, 2.75) is 19.4 Å². The summed E-state index contributed by atoms with van der Waals surface area (Å²) in [4.78, 5) is 10.2. The van der Waals surface area contributed by atoms with Gasteiger partial charge in [0.1, 0.15) is 6.29 Å². The third-order valence-corrected chi connectivity index (χ3v) is 1.91. The Balaban J connectivity index is 2.74. The lowest BCUT2D eigenvalue weighted by molar-refractivity contribution is -0.106. The van der Waals surface area contributed by atoms with E-state index in [2.05, 4.69) is 5.32 Å². The molecule has 0 spiro atoms. The summed E-state index contributed by atoms with van der Waals surface area (Å²) in [6.45, 7) is 2.05. The number of benzene rings is 1. The molecule has 0 aromatic heterocycles. The highest BCUT2D eigenvalue weighted by atomic mass is 16.3. The van der Waals surface area contributed by atoms with Gasteiger partial charge in [-0.05, 0) is 18.6 Å². The number of carbonyl (C=O) groups excluding carboxylic acids is 1. The largest absolute Gasteiger partial charge is 0.393 e. The van der Waals surface area contributed by atoms with Crippen LogP contribution in [0.15, 0.2) is 24.3 Å². The van der Waals surface area contributed by atoms with Crippen LogP contribution in [0.5, 0.6) is 0 Å². The van der Waals surface area contributed by atoms with Gasteiger partial charge in [-0.2, -0.15) is 0 Å². The molecule has 0 fully saturated rings. The average Bonchev–Trinajstić information content (AvgIpc) is 2.16. The molecule has 0 aliphatic heterocycles. The minimum absolute atomic E-state index is 0.302. The first-order valence-corrected chi connectivity index (χ1v) is 4.67. The molecule has 0 aliphatic carbocycles. The fraction of sp³-hybridized carbons (Fsp3) is 0.364. The lowest BCUT2D eigenvalue weighted by Crippen LogP contribution is -2.09. The first kappa shape index (κ1) is 10.7. The fourth-order valence-electron chi connectivity index (χ4n) is 1.34. The normalized spacial score (nSPS) is 12.1. The summed E-state index contributed by atoms with van der Waals surface area (Å²) < 4.78 is 0. The van der Waals surface area contributed by atoms with Gasteiger partial charge in [0.2, 0.25) is 0 Å². The highest BCUT2D eigenvalue weighted by Gasteiger charge is 2.03. The Labute approximate surface area is 83.8 Å². The Bertz CT molecular complexity index is 297. The molecule has 0 amide bonds. The van der Waals surface area contributed by atoms with Crippen molar-refractivity contribution in [2.75, 3.05) is 11.9 Å². The van der Waals surface area contributed by atoms with E-state index in [9.17, 15) is 9.90 Å². The van der Waals surface area contributed by atoms with E-state index in [1.807, 2.05) is 24.3 Å². The van der Waals surface area contributed by atoms with Gasteiger partial charge in [-0.1, -0.05) is 18.2 Å². The predicted molar refractivity (Wildman–Crippen MR) is 56.4 cm³/mol. The molecule has 2 N–H and O–H groups in total. The average molecular weight is 193 g/mol. The number of nitrogens with one attached hydrogen (secondary N) is 1. The highest BCUT2D eigenvalue weighted by Crippen LogP contribution is 2.16. The quantitative estimate of drug-likeness (QED) is 0.691. The molecule has 0 aliphatic rings. The SMILES string of the molecule is CC(O)Cc1ccccc1NCC=O. The summed E-state index contributed by atoms with van der Waals surface area (Å²) in [5.74, 6) is 0. The second-order valence-electron chi connectivity index (χ2n) is 3.26. The van der Waals surface area contributed by atoms with Crippen LogP contribution >= 0.6 is 0 Å². The summed E-state index contributed by atoms with van der Waals surface area (Å²) in [5.41, 5.74) is 1.95. The van der Waals surface area contributed by atoms with Gasteiger partial charge in [0.05, 0.1) is 12.6 Å². The maximum atomic E-state index is 10.2. The molecule has 1 aromatic carbocycles. The van der Waals surface area contributed by atoms with Crippen molar-refractivity contribution in [3.05, 3.63) is 29.8 Å². The van der Waals surface area contributed by atoms with Gasteiger partial charge in [-0.3, -0.25) is 0 Å². The van der Waals surface area contributed by atoms with E-state index in [1.165, 1.54) is 0 Å². The second-order valence-corrected chi connectivity index (χ2v) is 3.26. The van der Waals surface area contributed by atoms with Crippen molar-refractivity contribution in [2.24, 2.45) is 0 Å². The summed E-state index contributed by atoms with van der Waals surface area (Å²) in [6, 6.07) is 7.67. The topological polar surface area (TPSA) is 49.3 Å². The molecular weight excluding hydrogens is 178 g/mol. The van der Waals surface area contributed by atoms with Crippen molar-refractivity contribution in [1.82, 2.24) is 0 Å². The Morgan fingerprint density at radius 1 is 1.50 bits per heavy atom. The lowest BCUT2D eigenvalue weighted by Gasteiger charge is -2.11. The molecule has 0 saturated heterocycles. The van der Waals surface area contributed by atoms with Crippen LogP contribution in [-0.2, 0) is 11.2 Å². The highest BCUT2D eigenvalue weighted by molar-refractivity contribution is 5.61. The maximum Gasteiger partial charge on any atom is 0.139 e. The summed E-state index contributed by atoms with van der Waals surface area (Å²) in [5, 5.41) is 12.2. The minimum atomic E-state index is -0.366. The molecule has 0 saturated carbocycles. The molecule has 0 heterocycles. The number of aliphatic hydroxyl groups is 1. The van der Waals surface area contributed by atoms with E-state index in [1.54, 1.807) is 6.92 Å². The number of rotatable bonds is 5. The van der Waals surface area contributed by atoms with E-state index in [4.69, 9.17) is 0 Å². The van der Waals surface area contributed by atoms with Crippen molar-refractivity contribution < 1.29 is 9.90 Å². The van der Waals surface area contributed by atoms with Crippen LogP contribution in [0.2, 0.25) is 0 Å². The van der Waals surface area contributed by atoms with Gasteiger partial charge in [0.25, 0.3) is 0 Å². The predicted octanol–water partition coefficient (Wildman–Crippen LogP) is 1.22. The van der Waals surface area contributed by atoms with E-state index in [-0.39, 0.29) is 6.10 Å². The van der Waals surface area contributed by atoms with Gasteiger partial charge in [-0.25, -0.2) is 0 Å². The molecule has 76 valence electrons. The molecular formula is C11H15NO2. The zero-order valence-electron chi connectivity index (χ0n) is 8.23. The number of carbonyl (C=O) groups is 1. The second kappa shape index (κ2) is 5.40. The third-order valence-electron chi connectivity index (χ3n) is 1.91. The smallest absolute Gasteiger partial charge is 0.139 e. The number of hydrogen-bond acceptors (Lipinski definition) is 3. The molecule has 1 unspecified atom stereocenters. The molecule has 1 aromatic rings. The number of hydrogen-bond donors (Lipinski definition) is 2. The Hall–Kier alpha value is -1.35.